The molecular weight excluding hydrogens is 214 g/mol. The van der Waals surface area contributed by atoms with Crippen molar-refractivity contribution in [2.24, 2.45) is 5.92 Å². The van der Waals surface area contributed by atoms with Crippen molar-refractivity contribution in [2.45, 2.75) is 45.8 Å². The third kappa shape index (κ3) is 3.73. The fraction of sp³-hybridized carbons (Fsp3) is 0.769. The van der Waals surface area contributed by atoms with Crippen molar-refractivity contribution in [2.75, 3.05) is 18.5 Å². The van der Waals surface area contributed by atoms with E-state index in [4.69, 9.17) is 4.74 Å². The summed E-state index contributed by atoms with van der Waals surface area (Å²) in [6.45, 7) is 7.30. The molecule has 0 aromatic carbocycles. The third-order valence-corrected chi connectivity index (χ3v) is 3.10. The molecule has 17 heavy (non-hydrogen) atoms. The molecule has 2 heterocycles. The van der Waals surface area contributed by atoms with E-state index in [0.29, 0.717) is 12.0 Å². The fourth-order valence-electron chi connectivity index (χ4n) is 2.11. The average Bonchev–Trinajstić information content (AvgIpc) is 2.95. The highest BCUT2D eigenvalue weighted by atomic mass is 16.5. The van der Waals surface area contributed by atoms with Gasteiger partial charge in [-0.05, 0) is 25.2 Å². The second kappa shape index (κ2) is 6.05. The van der Waals surface area contributed by atoms with Gasteiger partial charge in [-0.2, -0.15) is 0 Å². The Bertz CT molecular complexity index is 329. The van der Waals surface area contributed by atoms with Crippen LogP contribution in [-0.4, -0.2) is 28.8 Å². The molecular formula is C13H23N3O. The maximum absolute atomic E-state index is 5.64. The molecule has 4 heteroatoms. The predicted molar refractivity (Wildman–Crippen MR) is 69.1 cm³/mol. The molecule has 96 valence electrons. The Morgan fingerprint density at radius 3 is 3.18 bits per heavy atom. The van der Waals surface area contributed by atoms with Gasteiger partial charge in [0.15, 0.2) is 0 Å². The zero-order valence-corrected chi connectivity index (χ0v) is 10.9. The largest absolute Gasteiger partial charge is 0.378 e. The van der Waals surface area contributed by atoms with Crippen LogP contribution in [0.1, 0.15) is 33.1 Å². The van der Waals surface area contributed by atoms with Crippen LogP contribution in [0.2, 0.25) is 0 Å². The maximum atomic E-state index is 5.64. The number of hydrogen-bond acceptors (Lipinski definition) is 3. The second-order valence-electron chi connectivity index (χ2n) is 5.14. The lowest BCUT2D eigenvalue weighted by Gasteiger charge is -2.13. The summed E-state index contributed by atoms with van der Waals surface area (Å²) in [5, 5.41) is 3.38. The first-order valence-electron chi connectivity index (χ1n) is 6.62. The van der Waals surface area contributed by atoms with Crippen molar-refractivity contribution < 1.29 is 4.74 Å². The number of aryl methyl sites for hydroxylation is 1. The highest BCUT2D eigenvalue weighted by molar-refractivity contribution is 5.25. The Hall–Kier alpha value is -1.03. The van der Waals surface area contributed by atoms with Gasteiger partial charge in [0.25, 0.3) is 0 Å². The van der Waals surface area contributed by atoms with E-state index in [1.54, 1.807) is 0 Å². The molecule has 4 nitrogen and oxygen atoms in total. The standard InChI is InChI=1S/C13H23N3O/c1-11(2)10-15-13-14-6-8-16(13)7-5-12-4-3-9-17-12/h6,8,11-12H,3-5,7,9-10H2,1-2H3,(H,14,15). The van der Waals surface area contributed by atoms with E-state index >= 15 is 0 Å². The van der Waals surface area contributed by atoms with Crippen molar-refractivity contribution >= 4 is 5.95 Å². The molecule has 0 saturated carbocycles. The van der Waals surface area contributed by atoms with Crippen molar-refractivity contribution in [3.8, 4) is 0 Å². The lowest BCUT2D eigenvalue weighted by Crippen LogP contribution is -2.15. The van der Waals surface area contributed by atoms with Gasteiger partial charge in [0.2, 0.25) is 5.95 Å². The lowest BCUT2D eigenvalue weighted by atomic mass is 10.2. The Kier molecular flexibility index (Phi) is 4.42. The number of hydrogen-bond donors (Lipinski definition) is 1. The molecule has 1 aliphatic heterocycles. The SMILES string of the molecule is CC(C)CNc1nccn1CCC1CCCO1. The van der Waals surface area contributed by atoms with Gasteiger partial charge in [0.05, 0.1) is 6.10 Å². The van der Waals surface area contributed by atoms with E-state index < -0.39 is 0 Å². The van der Waals surface area contributed by atoms with Crippen LogP contribution in [0.4, 0.5) is 5.95 Å². The summed E-state index contributed by atoms with van der Waals surface area (Å²) < 4.78 is 7.82. The van der Waals surface area contributed by atoms with Gasteiger partial charge in [0, 0.05) is 32.1 Å². The Labute approximate surface area is 103 Å². The molecule has 2 rings (SSSR count). The van der Waals surface area contributed by atoms with Crippen molar-refractivity contribution in [1.29, 1.82) is 0 Å². The number of nitrogens with zero attached hydrogens (tertiary/aromatic N) is 2. The van der Waals surface area contributed by atoms with Crippen LogP contribution >= 0.6 is 0 Å². The van der Waals surface area contributed by atoms with Gasteiger partial charge >= 0.3 is 0 Å². The summed E-state index contributed by atoms with van der Waals surface area (Å²) >= 11 is 0. The van der Waals surface area contributed by atoms with Crippen LogP contribution in [-0.2, 0) is 11.3 Å². The van der Waals surface area contributed by atoms with Gasteiger partial charge in [-0.25, -0.2) is 4.98 Å². The van der Waals surface area contributed by atoms with E-state index in [1.165, 1.54) is 12.8 Å². The van der Waals surface area contributed by atoms with Crippen molar-refractivity contribution in [1.82, 2.24) is 9.55 Å². The minimum absolute atomic E-state index is 0.454. The Morgan fingerprint density at radius 2 is 2.47 bits per heavy atom. The molecule has 1 fully saturated rings. The average molecular weight is 237 g/mol. The second-order valence-corrected chi connectivity index (χ2v) is 5.14. The molecule has 0 aliphatic carbocycles. The van der Waals surface area contributed by atoms with Crippen LogP contribution in [0.15, 0.2) is 12.4 Å². The third-order valence-electron chi connectivity index (χ3n) is 3.10. The zero-order chi connectivity index (χ0) is 12.1. The smallest absolute Gasteiger partial charge is 0.202 e. The molecule has 1 aromatic rings. The summed E-state index contributed by atoms with van der Waals surface area (Å²) in [6.07, 6.45) is 7.87. The van der Waals surface area contributed by atoms with E-state index in [0.717, 1.165) is 32.1 Å². The number of imidazole rings is 1. The maximum Gasteiger partial charge on any atom is 0.202 e. The summed E-state index contributed by atoms with van der Waals surface area (Å²) in [5.41, 5.74) is 0. The number of ether oxygens (including phenoxy) is 1. The minimum atomic E-state index is 0.454. The van der Waals surface area contributed by atoms with Crippen molar-refractivity contribution in [3.63, 3.8) is 0 Å². The molecule has 0 bridgehead atoms. The van der Waals surface area contributed by atoms with Crippen LogP contribution in [0.3, 0.4) is 0 Å². The zero-order valence-electron chi connectivity index (χ0n) is 10.9. The number of nitrogens with one attached hydrogen (secondary N) is 1. The van der Waals surface area contributed by atoms with E-state index in [2.05, 4.69) is 28.7 Å². The van der Waals surface area contributed by atoms with E-state index in [1.807, 2.05) is 12.4 Å². The summed E-state index contributed by atoms with van der Waals surface area (Å²) in [7, 11) is 0. The number of anilines is 1. The van der Waals surface area contributed by atoms with Gasteiger partial charge in [0.1, 0.15) is 0 Å². The molecule has 1 aliphatic rings. The topological polar surface area (TPSA) is 39.1 Å². The van der Waals surface area contributed by atoms with E-state index in [9.17, 15) is 0 Å². The molecule has 1 unspecified atom stereocenters. The Balaban J connectivity index is 1.80. The monoisotopic (exact) mass is 237 g/mol. The molecule has 0 spiro atoms. The number of aromatic nitrogens is 2. The van der Waals surface area contributed by atoms with Crippen molar-refractivity contribution in [3.05, 3.63) is 12.4 Å². The van der Waals surface area contributed by atoms with Crippen LogP contribution < -0.4 is 5.32 Å². The van der Waals surface area contributed by atoms with Crippen LogP contribution in [0.5, 0.6) is 0 Å². The van der Waals surface area contributed by atoms with Crippen LogP contribution in [0, 0.1) is 5.92 Å². The minimum Gasteiger partial charge on any atom is -0.378 e. The molecule has 1 atom stereocenters. The first-order valence-corrected chi connectivity index (χ1v) is 6.62. The van der Waals surface area contributed by atoms with Gasteiger partial charge in [-0.15, -0.1) is 0 Å². The molecule has 1 aromatic heterocycles. The predicted octanol–water partition coefficient (Wildman–Crippen LogP) is 2.52. The molecule has 0 amide bonds. The normalized spacial score (nSPS) is 20.1. The fourth-order valence-corrected chi connectivity index (χ4v) is 2.11. The van der Waals surface area contributed by atoms with Crippen LogP contribution in [0.25, 0.3) is 0 Å². The van der Waals surface area contributed by atoms with E-state index in [-0.39, 0.29) is 0 Å². The highest BCUT2D eigenvalue weighted by Crippen LogP contribution is 2.17. The van der Waals surface area contributed by atoms with Gasteiger partial charge < -0.3 is 14.6 Å². The highest BCUT2D eigenvalue weighted by Gasteiger charge is 2.15. The molecule has 1 N–H and O–H groups in total. The molecule has 0 radical (unpaired) electrons. The molecule has 1 saturated heterocycles. The van der Waals surface area contributed by atoms with Gasteiger partial charge in [-0.1, -0.05) is 13.8 Å². The summed E-state index contributed by atoms with van der Waals surface area (Å²) in [5.74, 6) is 1.62. The first-order chi connectivity index (χ1) is 8.25. The number of rotatable bonds is 6. The summed E-state index contributed by atoms with van der Waals surface area (Å²) in [4.78, 5) is 4.34. The quantitative estimate of drug-likeness (QED) is 0.826. The lowest BCUT2D eigenvalue weighted by molar-refractivity contribution is 0.100. The summed E-state index contributed by atoms with van der Waals surface area (Å²) in [6, 6.07) is 0. The first kappa shape index (κ1) is 12.4. The Morgan fingerprint density at radius 1 is 1.59 bits per heavy atom. The van der Waals surface area contributed by atoms with Gasteiger partial charge in [-0.3, -0.25) is 0 Å².